The molecule has 10 aromatic carbocycles. The lowest BCUT2D eigenvalue weighted by atomic mass is 9.97. The average Bonchev–Trinajstić information content (AvgIpc) is 1.79. The lowest BCUT2D eigenvalue weighted by Crippen LogP contribution is -2.11. The Morgan fingerprint density at radius 3 is 1.67 bits per heavy atom. The van der Waals surface area contributed by atoms with Crippen LogP contribution >= 0.6 is 0 Å². The summed E-state index contributed by atoms with van der Waals surface area (Å²) in [6, 6.07) is 1.40. The van der Waals surface area contributed by atoms with Crippen molar-refractivity contribution in [1.29, 1.82) is 0 Å². The molecule has 2 nitrogen and oxygen atoms in total. The normalized spacial score (nSPS) is 17.2. The van der Waals surface area contributed by atoms with E-state index in [-0.39, 0.29) is 11.3 Å². The Morgan fingerprint density at radius 1 is 0.328 bits per heavy atom. The van der Waals surface area contributed by atoms with Gasteiger partial charge in [0.1, 0.15) is 11.2 Å². The van der Waals surface area contributed by atoms with Crippen molar-refractivity contribution in [2.24, 2.45) is 0 Å². The van der Waals surface area contributed by atoms with Gasteiger partial charge in [-0.3, -0.25) is 0 Å². The van der Waals surface area contributed by atoms with Crippen molar-refractivity contribution in [2.75, 3.05) is 4.90 Å². The second-order valence-electron chi connectivity index (χ2n) is 13.0. The summed E-state index contributed by atoms with van der Waals surface area (Å²) in [6.45, 7) is 0. The van der Waals surface area contributed by atoms with E-state index < -0.39 is 201 Å². The lowest BCUT2D eigenvalue weighted by Gasteiger charge is -2.28. The first-order valence-electron chi connectivity index (χ1n) is 29.9. The Morgan fingerprint density at radius 2 is 0.897 bits per heavy atom. The number of fused-ring (bicyclic) bond motifs is 6. The molecule has 0 aliphatic carbocycles. The number of furan rings is 1. The van der Waals surface area contributed by atoms with Gasteiger partial charge < -0.3 is 9.32 Å². The molecule has 1 heterocycles. The van der Waals surface area contributed by atoms with Crippen LogP contribution < -0.4 is 4.90 Å². The summed E-state index contributed by atoms with van der Waals surface area (Å²) in [5.74, 6) is 0. The van der Waals surface area contributed by atoms with Gasteiger partial charge in [0, 0.05) is 38.7 Å². The predicted octanol–water partition coefficient (Wildman–Crippen LogP) is 16.0. The Balaban J connectivity index is 1.23. The molecule has 0 aliphatic rings. The monoisotopic (exact) mass is 763 g/mol. The molecule has 58 heavy (non-hydrogen) atoms. The molecule has 0 radical (unpaired) electrons. The lowest BCUT2D eigenvalue weighted by molar-refractivity contribution is 0.674. The van der Waals surface area contributed by atoms with Gasteiger partial charge in [0.2, 0.25) is 0 Å². The van der Waals surface area contributed by atoms with E-state index in [1.165, 1.54) is 12.1 Å². The summed E-state index contributed by atoms with van der Waals surface area (Å²) in [4.78, 5) is 0.951. The molecule has 272 valence electrons. The van der Waals surface area contributed by atoms with Crippen LogP contribution in [0.4, 0.5) is 17.1 Å². The Bertz CT molecular complexity index is 4580. The van der Waals surface area contributed by atoms with E-state index >= 15 is 0 Å². The van der Waals surface area contributed by atoms with E-state index in [1.54, 1.807) is 24.3 Å². The maximum absolute atomic E-state index is 9.83. The van der Waals surface area contributed by atoms with Crippen molar-refractivity contribution in [1.82, 2.24) is 0 Å². The first-order valence-corrected chi connectivity index (χ1v) is 17.9. The standard InChI is InChI=1S/C56H37NO/c1-2-12-38(13-3-1)39-24-26-40(27-25-39)41-28-33-45(34-29-41)57(46-35-30-44(31-36-46)48-20-10-16-42-14-4-6-17-47(42)48)54-23-9-8-19-50(54)51-21-11-22-52-53-37-32-43-15-5-7-18-49(43)55(53)58-56(51)52/h1-37H/i1D,2D,3D,4D,6D,10D,12D,13D,14D,16D,17D,20D,24D,25D,26D,27D,28D,29D,30D,31D,33D,34D,35D,36D. The smallest absolute Gasteiger partial charge is 0.143 e. The highest BCUT2D eigenvalue weighted by atomic mass is 16.3. The summed E-state index contributed by atoms with van der Waals surface area (Å²) in [5.41, 5.74) is -4.41. The zero-order valence-corrected chi connectivity index (χ0v) is 29.9. The summed E-state index contributed by atoms with van der Waals surface area (Å²) in [7, 11) is 0. The van der Waals surface area contributed by atoms with Gasteiger partial charge in [0.15, 0.2) is 0 Å². The third kappa shape index (κ3) is 5.82. The summed E-state index contributed by atoms with van der Waals surface area (Å²) in [5, 5.41) is 1.96. The molecule has 0 fully saturated rings. The second kappa shape index (κ2) is 14.1. The largest absolute Gasteiger partial charge is 0.455 e. The van der Waals surface area contributed by atoms with Crippen molar-refractivity contribution in [3.63, 3.8) is 0 Å². The fourth-order valence-corrected chi connectivity index (χ4v) is 7.01. The van der Waals surface area contributed by atoms with Gasteiger partial charge in [-0.1, -0.05) is 188 Å². The van der Waals surface area contributed by atoms with E-state index in [1.807, 2.05) is 42.5 Å². The van der Waals surface area contributed by atoms with Crippen LogP contribution in [-0.2, 0) is 0 Å². The molecule has 1 aromatic heterocycles. The first-order chi connectivity index (χ1) is 38.8. The fraction of sp³-hybridized carbons (Fsp3) is 0. The summed E-state index contributed by atoms with van der Waals surface area (Å²) in [6.07, 6.45) is 0. The number of hydrogen-bond acceptors (Lipinski definition) is 2. The van der Waals surface area contributed by atoms with Crippen molar-refractivity contribution in [2.45, 2.75) is 0 Å². The Hall–Kier alpha value is -7.68. The molecule has 0 amide bonds. The van der Waals surface area contributed by atoms with Crippen molar-refractivity contribution < 1.29 is 37.3 Å². The quantitative estimate of drug-likeness (QED) is 0.161. The SMILES string of the molecule is [2H]c1c([2H])c([2H])c(-c2c([2H])c([2H])c(-c3c([2H])c([2H])c(N(c4ccccc4-c4cccc5c4oc4c6ccccc6ccc54)c4c([2H])c([2H])c(-c5c([2H])c([2H])c([2H])c6c([2H])c([2H])c([2H])c([2H])c56)c([2H])c4[2H])c([2H])c3[2H])c([2H])c2[2H])c([2H])c1[2H]. The molecule has 0 unspecified atom stereocenters. The van der Waals surface area contributed by atoms with E-state index in [9.17, 15) is 13.7 Å². The van der Waals surface area contributed by atoms with E-state index in [0.717, 1.165) is 21.1 Å². The molecule has 0 bridgehead atoms. The molecule has 0 spiro atoms. The molecule has 0 N–H and O–H groups in total. The van der Waals surface area contributed by atoms with E-state index in [4.69, 9.17) is 23.6 Å². The molecule has 11 rings (SSSR count). The predicted molar refractivity (Wildman–Crippen MR) is 245 cm³/mol. The molecule has 0 saturated heterocycles. The summed E-state index contributed by atoms with van der Waals surface area (Å²) >= 11 is 0. The molecular formula is C56H37NO. The van der Waals surface area contributed by atoms with Gasteiger partial charge in [-0.05, 0) is 85.8 Å². The number of hydrogen-bond donors (Lipinski definition) is 0. The molecule has 0 atom stereocenters. The zero-order valence-electron chi connectivity index (χ0n) is 53.9. The summed E-state index contributed by atoms with van der Waals surface area (Å²) < 4.78 is 223. The van der Waals surface area contributed by atoms with Crippen LogP contribution in [0.2, 0.25) is 0 Å². The van der Waals surface area contributed by atoms with Gasteiger partial charge in [-0.2, -0.15) is 0 Å². The van der Waals surface area contributed by atoms with Crippen molar-refractivity contribution >= 4 is 60.5 Å². The fourth-order valence-electron chi connectivity index (χ4n) is 7.01. The highest BCUT2D eigenvalue weighted by Gasteiger charge is 2.21. The number of nitrogens with zero attached hydrogens (tertiary/aromatic N) is 1. The van der Waals surface area contributed by atoms with Gasteiger partial charge in [0.05, 0.1) is 38.6 Å². The minimum Gasteiger partial charge on any atom is -0.455 e. The van der Waals surface area contributed by atoms with Crippen molar-refractivity contribution in [3.8, 4) is 44.5 Å². The maximum atomic E-state index is 9.83. The van der Waals surface area contributed by atoms with Crippen LogP contribution in [0.5, 0.6) is 0 Å². The minimum absolute atomic E-state index is 0.0950. The van der Waals surface area contributed by atoms with E-state index in [2.05, 4.69) is 0 Å². The van der Waals surface area contributed by atoms with Crippen LogP contribution in [0.15, 0.2) is 228 Å². The van der Waals surface area contributed by atoms with Gasteiger partial charge in [-0.25, -0.2) is 0 Å². The minimum atomic E-state index is -0.995. The van der Waals surface area contributed by atoms with Gasteiger partial charge >= 0.3 is 0 Å². The van der Waals surface area contributed by atoms with Crippen molar-refractivity contribution in [3.05, 3.63) is 224 Å². The third-order valence-corrected chi connectivity index (χ3v) is 9.68. The van der Waals surface area contributed by atoms with Gasteiger partial charge in [0.25, 0.3) is 0 Å². The van der Waals surface area contributed by atoms with Crippen LogP contribution in [0.25, 0.3) is 88.0 Å². The van der Waals surface area contributed by atoms with Crippen LogP contribution in [0.3, 0.4) is 0 Å². The van der Waals surface area contributed by atoms with Crippen LogP contribution in [0.1, 0.15) is 32.9 Å². The Kier molecular flexibility index (Phi) is 4.19. The number of para-hydroxylation sites is 2. The molecule has 0 saturated carbocycles. The molecule has 0 aliphatic heterocycles. The molecular weight excluding hydrogens is 703 g/mol. The highest BCUT2D eigenvalue weighted by molar-refractivity contribution is 6.17. The number of benzene rings is 10. The third-order valence-electron chi connectivity index (χ3n) is 9.68. The number of rotatable bonds is 7. The van der Waals surface area contributed by atoms with Crippen LogP contribution in [0, 0.1) is 0 Å². The second-order valence-corrected chi connectivity index (χ2v) is 13.0. The highest BCUT2D eigenvalue weighted by Crippen LogP contribution is 2.45. The Labute approximate surface area is 371 Å². The van der Waals surface area contributed by atoms with Gasteiger partial charge in [-0.15, -0.1) is 0 Å². The number of anilines is 3. The molecule has 2 heteroatoms. The average molecular weight is 764 g/mol. The van der Waals surface area contributed by atoms with Crippen LogP contribution in [-0.4, -0.2) is 0 Å². The first kappa shape index (κ1) is 17.2. The topological polar surface area (TPSA) is 16.4 Å². The van der Waals surface area contributed by atoms with E-state index in [0.29, 0.717) is 22.1 Å². The zero-order chi connectivity index (χ0) is 59.3. The maximum Gasteiger partial charge on any atom is 0.143 e. The molecule has 11 aromatic rings.